The highest BCUT2D eigenvalue weighted by molar-refractivity contribution is 4.74. The second-order valence-electron chi connectivity index (χ2n) is 3.09. The fraction of sp³-hybridized carbons (Fsp3) is 1.00. The molecule has 0 unspecified atom stereocenters. The minimum absolute atomic E-state index is 0.0693. The van der Waals surface area contributed by atoms with Crippen molar-refractivity contribution in [2.24, 2.45) is 11.7 Å². The van der Waals surface area contributed by atoms with Gasteiger partial charge in [-0.25, -0.2) is 0 Å². The van der Waals surface area contributed by atoms with E-state index in [1.807, 2.05) is 0 Å². The van der Waals surface area contributed by atoms with E-state index in [-0.39, 0.29) is 12.0 Å². The van der Waals surface area contributed by atoms with E-state index in [0.29, 0.717) is 0 Å². The van der Waals surface area contributed by atoms with Crippen LogP contribution in [0.3, 0.4) is 0 Å². The van der Waals surface area contributed by atoms with Crippen LogP contribution in [0.25, 0.3) is 0 Å². The van der Waals surface area contributed by atoms with E-state index >= 15 is 0 Å². The molecule has 1 saturated carbocycles. The van der Waals surface area contributed by atoms with Gasteiger partial charge in [0.2, 0.25) is 0 Å². The minimum atomic E-state index is -1.13. The van der Waals surface area contributed by atoms with Crippen LogP contribution in [-0.4, -0.2) is 22.5 Å². The van der Waals surface area contributed by atoms with Gasteiger partial charge in [-0.2, -0.15) is 0 Å². The van der Waals surface area contributed by atoms with E-state index in [9.17, 15) is 0 Å². The first-order valence-electron chi connectivity index (χ1n) is 3.82. The van der Waals surface area contributed by atoms with E-state index < -0.39 is 6.29 Å². The average Bonchev–Trinajstić information content (AvgIpc) is 1.88. The van der Waals surface area contributed by atoms with Gasteiger partial charge in [-0.05, 0) is 25.7 Å². The molecule has 0 atom stereocenters. The maximum Gasteiger partial charge on any atom is 0.154 e. The lowest BCUT2D eigenvalue weighted by atomic mass is 9.86. The third kappa shape index (κ3) is 1.94. The molecule has 0 heterocycles. The van der Waals surface area contributed by atoms with Crippen molar-refractivity contribution < 1.29 is 10.2 Å². The van der Waals surface area contributed by atoms with Gasteiger partial charge < -0.3 is 15.9 Å². The molecule has 1 fully saturated rings. The van der Waals surface area contributed by atoms with Crippen LogP contribution in [-0.2, 0) is 0 Å². The third-order valence-electron chi connectivity index (χ3n) is 2.24. The minimum Gasteiger partial charge on any atom is -0.368 e. The van der Waals surface area contributed by atoms with Crippen molar-refractivity contribution in [1.29, 1.82) is 0 Å². The topological polar surface area (TPSA) is 66.5 Å². The van der Waals surface area contributed by atoms with Crippen LogP contribution in [0.2, 0.25) is 0 Å². The molecule has 0 amide bonds. The predicted octanol–water partition coefficient (Wildman–Crippen LogP) is -0.185. The molecule has 0 bridgehead atoms. The van der Waals surface area contributed by atoms with Gasteiger partial charge in [-0.15, -0.1) is 0 Å². The van der Waals surface area contributed by atoms with Crippen molar-refractivity contribution in [3.8, 4) is 0 Å². The molecular weight excluding hydrogens is 130 g/mol. The maximum atomic E-state index is 8.78. The Hall–Kier alpha value is -0.120. The third-order valence-corrected chi connectivity index (χ3v) is 2.24. The van der Waals surface area contributed by atoms with Crippen LogP contribution in [0.5, 0.6) is 0 Å². The SMILES string of the molecule is NC1CCC(C(O)O)CC1. The molecule has 60 valence electrons. The Morgan fingerprint density at radius 3 is 2.00 bits per heavy atom. The van der Waals surface area contributed by atoms with Crippen LogP contribution < -0.4 is 5.73 Å². The Morgan fingerprint density at radius 2 is 1.60 bits per heavy atom. The highest BCUT2D eigenvalue weighted by atomic mass is 16.5. The molecule has 0 radical (unpaired) electrons. The van der Waals surface area contributed by atoms with E-state index in [4.69, 9.17) is 15.9 Å². The Balaban J connectivity index is 2.26. The molecule has 0 spiro atoms. The summed E-state index contributed by atoms with van der Waals surface area (Å²) in [5, 5.41) is 17.6. The standard InChI is InChI=1S/C7H15NO2/c8-6-3-1-5(2-4-6)7(9)10/h5-7,9-10H,1-4,8H2. The van der Waals surface area contributed by atoms with Crippen molar-refractivity contribution >= 4 is 0 Å². The summed E-state index contributed by atoms with van der Waals surface area (Å²) >= 11 is 0. The monoisotopic (exact) mass is 145 g/mol. The molecule has 10 heavy (non-hydrogen) atoms. The van der Waals surface area contributed by atoms with E-state index in [1.54, 1.807) is 0 Å². The molecule has 0 aliphatic heterocycles. The average molecular weight is 145 g/mol. The quantitative estimate of drug-likeness (QED) is 0.448. The lowest BCUT2D eigenvalue weighted by molar-refractivity contribution is -0.0935. The molecule has 0 aromatic carbocycles. The molecule has 1 aliphatic carbocycles. The number of aliphatic hydroxyl groups is 2. The van der Waals surface area contributed by atoms with Gasteiger partial charge in [-0.1, -0.05) is 0 Å². The van der Waals surface area contributed by atoms with E-state index in [2.05, 4.69) is 0 Å². The fourth-order valence-electron chi connectivity index (χ4n) is 1.44. The highest BCUT2D eigenvalue weighted by Gasteiger charge is 2.22. The molecule has 3 heteroatoms. The van der Waals surface area contributed by atoms with Crippen LogP contribution >= 0.6 is 0 Å². The van der Waals surface area contributed by atoms with Crippen LogP contribution in [0.1, 0.15) is 25.7 Å². The zero-order valence-corrected chi connectivity index (χ0v) is 6.03. The summed E-state index contributed by atoms with van der Waals surface area (Å²) in [6.07, 6.45) is 2.45. The zero-order valence-electron chi connectivity index (χ0n) is 6.03. The van der Waals surface area contributed by atoms with E-state index in [1.165, 1.54) is 0 Å². The van der Waals surface area contributed by atoms with Gasteiger partial charge in [-0.3, -0.25) is 0 Å². The van der Waals surface area contributed by atoms with Gasteiger partial charge in [0.05, 0.1) is 0 Å². The number of hydrogen-bond acceptors (Lipinski definition) is 3. The lowest BCUT2D eigenvalue weighted by Crippen LogP contribution is -2.31. The van der Waals surface area contributed by atoms with Gasteiger partial charge in [0.15, 0.2) is 6.29 Å². The van der Waals surface area contributed by atoms with Gasteiger partial charge in [0, 0.05) is 12.0 Å². The molecule has 1 rings (SSSR count). The molecule has 3 nitrogen and oxygen atoms in total. The number of rotatable bonds is 1. The van der Waals surface area contributed by atoms with E-state index in [0.717, 1.165) is 25.7 Å². The fourth-order valence-corrected chi connectivity index (χ4v) is 1.44. The van der Waals surface area contributed by atoms with Crippen molar-refractivity contribution in [2.75, 3.05) is 0 Å². The first-order chi connectivity index (χ1) is 4.70. The first kappa shape index (κ1) is 7.98. The first-order valence-corrected chi connectivity index (χ1v) is 3.82. The number of hydrogen-bond donors (Lipinski definition) is 3. The summed E-state index contributed by atoms with van der Waals surface area (Å²) in [6, 6.07) is 0.287. The van der Waals surface area contributed by atoms with Crippen molar-refractivity contribution in [3.05, 3.63) is 0 Å². The lowest BCUT2D eigenvalue weighted by Gasteiger charge is -2.26. The van der Waals surface area contributed by atoms with Crippen LogP contribution in [0.4, 0.5) is 0 Å². The summed E-state index contributed by atoms with van der Waals surface area (Å²) in [7, 11) is 0. The second kappa shape index (κ2) is 3.32. The molecule has 0 saturated heterocycles. The number of aliphatic hydroxyl groups excluding tert-OH is 1. The normalized spacial score (nSPS) is 34.8. The summed E-state index contributed by atoms with van der Waals surface area (Å²) in [6.45, 7) is 0. The Morgan fingerprint density at radius 1 is 1.10 bits per heavy atom. The van der Waals surface area contributed by atoms with Gasteiger partial charge in [0.25, 0.3) is 0 Å². The smallest absolute Gasteiger partial charge is 0.154 e. The molecule has 1 aliphatic rings. The summed E-state index contributed by atoms with van der Waals surface area (Å²) in [5.41, 5.74) is 5.63. The van der Waals surface area contributed by atoms with Gasteiger partial charge in [0.1, 0.15) is 0 Å². The van der Waals surface area contributed by atoms with Crippen molar-refractivity contribution in [3.63, 3.8) is 0 Å². The second-order valence-corrected chi connectivity index (χ2v) is 3.09. The Kier molecular flexibility index (Phi) is 2.65. The zero-order chi connectivity index (χ0) is 7.56. The molecule has 4 N–H and O–H groups in total. The van der Waals surface area contributed by atoms with Crippen molar-refractivity contribution in [2.45, 2.75) is 38.0 Å². The summed E-state index contributed by atoms with van der Waals surface area (Å²) in [5.74, 6) is 0.0693. The predicted molar refractivity (Wildman–Crippen MR) is 38.2 cm³/mol. The molecular formula is C7H15NO2. The molecule has 0 aromatic rings. The van der Waals surface area contributed by atoms with Crippen LogP contribution in [0, 0.1) is 5.92 Å². The maximum absolute atomic E-state index is 8.78. The number of nitrogens with two attached hydrogens (primary N) is 1. The highest BCUT2D eigenvalue weighted by Crippen LogP contribution is 2.24. The Labute approximate surface area is 60.9 Å². The summed E-state index contributed by atoms with van der Waals surface area (Å²) < 4.78 is 0. The molecule has 0 aromatic heterocycles. The summed E-state index contributed by atoms with van der Waals surface area (Å²) in [4.78, 5) is 0. The van der Waals surface area contributed by atoms with Crippen LogP contribution in [0.15, 0.2) is 0 Å². The Bertz CT molecular complexity index is 97.8. The largest absolute Gasteiger partial charge is 0.368 e. The van der Waals surface area contributed by atoms with Crippen molar-refractivity contribution in [1.82, 2.24) is 0 Å². The van der Waals surface area contributed by atoms with Gasteiger partial charge >= 0.3 is 0 Å².